The number of fused-ring (bicyclic) bond motifs is 1. The molecule has 2 aliphatic carbocycles. The highest BCUT2D eigenvalue weighted by Crippen LogP contribution is 2.66. The normalized spacial score (nSPS) is 37.8. The lowest BCUT2D eigenvalue weighted by molar-refractivity contribution is 0.105. The topological polar surface area (TPSA) is 20.2 Å². The van der Waals surface area contributed by atoms with Crippen molar-refractivity contribution in [2.45, 2.75) is 24.9 Å². The molecule has 2 saturated carbocycles. The fourth-order valence-electron chi connectivity index (χ4n) is 3.10. The monoisotopic (exact) mass is 226 g/mol. The van der Waals surface area contributed by atoms with E-state index in [-0.39, 0.29) is 5.02 Å². The second-order valence-electron chi connectivity index (χ2n) is 4.60. The fourth-order valence-corrected chi connectivity index (χ4v) is 3.21. The van der Waals surface area contributed by atoms with Gasteiger partial charge in [0.2, 0.25) is 0 Å². The van der Waals surface area contributed by atoms with Crippen molar-refractivity contribution in [3.8, 4) is 0 Å². The van der Waals surface area contributed by atoms with Crippen molar-refractivity contribution in [3.63, 3.8) is 0 Å². The summed E-state index contributed by atoms with van der Waals surface area (Å²) in [5.41, 5.74) is -0.0666. The zero-order valence-electron chi connectivity index (χ0n) is 8.21. The third kappa shape index (κ3) is 1.18. The number of rotatable bonds is 1. The molecule has 0 radical (unpaired) electrons. The Hall–Kier alpha value is -0.600. The molecule has 0 aliphatic heterocycles. The Balaban J connectivity index is 1.97. The van der Waals surface area contributed by atoms with E-state index in [1.54, 1.807) is 6.07 Å². The van der Waals surface area contributed by atoms with Crippen molar-refractivity contribution >= 4 is 11.6 Å². The first-order valence-electron chi connectivity index (χ1n) is 5.32. The van der Waals surface area contributed by atoms with Gasteiger partial charge < -0.3 is 5.11 Å². The quantitative estimate of drug-likeness (QED) is 0.780. The summed E-state index contributed by atoms with van der Waals surface area (Å²) in [6, 6.07) is 4.64. The summed E-state index contributed by atoms with van der Waals surface area (Å²) in [5, 5.41) is 10.5. The van der Waals surface area contributed by atoms with Crippen molar-refractivity contribution in [1.29, 1.82) is 0 Å². The van der Waals surface area contributed by atoms with Crippen LogP contribution in [0.2, 0.25) is 5.02 Å². The van der Waals surface area contributed by atoms with E-state index in [2.05, 4.69) is 0 Å². The van der Waals surface area contributed by atoms with Gasteiger partial charge in [-0.2, -0.15) is 0 Å². The molecule has 80 valence electrons. The van der Waals surface area contributed by atoms with Gasteiger partial charge in [-0.25, -0.2) is 4.39 Å². The summed E-state index contributed by atoms with van der Waals surface area (Å²) < 4.78 is 13.3. The number of hydrogen-bond acceptors (Lipinski definition) is 1. The van der Waals surface area contributed by atoms with Gasteiger partial charge in [-0.15, -0.1) is 0 Å². The van der Waals surface area contributed by atoms with Crippen LogP contribution in [0, 0.1) is 17.7 Å². The molecule has 1 N–H and O–H groups in total. The minimum Gasteiger partial charge on any atom is -0.385 e. The van der Waals surface area contributed by atoms with Crippen molar-refractivity contribution in [1.82, 2.24) is 0 Å². The lowest BCUT2D eigenvalue weighted by Crippen LogP contribution is -2.13. The highest BCUT2D eigenvalue weighted by Gasteiger charge is 2.66. The Labute approximate surface area is 92.9 Å². The van der Waals surface area contributed by atoms with Crippen LogP contribution in [0.4, 0.5) is 4.39 Å². The average Bonchev–Trinajstić information content (AvgIpc) is 2.66. The molecule has 3 heteroatoms. The van der Waals surface area contributed by atoms with Crippen LogP contribution >= 0.6 is 11.6 Å². The minimum atomic E-state index is -0.760. The summed E-state index contributed by atoms with van der Waals surface area (Å²) in [6.07, 6.45) is 3.31. The molecule has 0 bridgehead atoms. The third-order valence-electron chi connectivity index (χ3n) is 3.92. The molecule has 0 saturated heterocycles. The van der Waals surface area contributed by atoms with Gasteiger partial charge in [0, 0.05) is 0 Å². The van der Waals surface area contributed by atoms with E-state index in [9.17, 15) is 9.50 Å². The van der Waals surface area contributed by atoms with Gasteiger partial charge in [0.05, 0.1) is 10.6 Å². The molecule has 1 aromatic carbocycles. The summed E-state index contributed by atoms with van der Waals surface area (Å²) in [5.74, 6) is 0.253. The number of halogens is 2. The third-order valence-corrected chi connectivity index (χ3v) is 4.23. The standard InChI is InChI=1S/C12H12ClFO/c13-10-5-4-7(6-11(10)14)12(15)8-2-1-3-9(8)12/h4-6,8-9,15H,1-3H2. The van der Waals surface area contributed by atoms with Crippen molar-refractivity contribution in [2.75, 3.05) is 0 Å². The Bertz CT molecular complexity index is 408. The molecule has 0 aromatic heterocycles. The van der Waals surface area contributed by atoms with Crippen molar-refractivity contribution in [2.24, 2.45) is 11.8 Å². The lowest BCUT2D eigenvalue weighted by atomic mass is 9.99. The van der Waals surface area contributed by atoms with Gasteiger partial charge in [-0.05, 0) is 42.4 Å². The molecule has 0 spiro atoms. The fraction of sp³-hybridized carbons (Fsp3) is 0.500. The number of benzene rings is 1. The molecule has 2 fully saturated rings. The molecule has 1 nitrogen and oxygen atoms in total. The zero-order valence-corrected chi connectivity index (χ0v) is 8.97. The van der Waals surface area contributed by atoms with Crippen molar-refractivity contribution < 1.29 is 9.50 Å². The molecule has 0 heterocycles. The number of hydrogen-bond donors (Lipinski definition) is 1. The molecule has 2 atom stereocenters. The van der Waals surface area contributed by atoms with E-state index >= 15 is 0 Å². The average molecular weight is 227 g/mol. The highest BCUT2D eigenvalue weighted by atomic mass is 35.5. The van der Waals surface area contributed by atoms with Crippen LogP contribution in [-0.2, 0) is 5.60 Å². The maximum absolute atomic E-state index is 13.3. The predicted molar refractivity (Wildman–Crippen MR) is 56.1 cm³/mol. The molecule has 3 rings (SSSR count). The SMILES string of the molecule is OC1(c2ccc(Cl)c(F)c2)C2CCCC21. The molecule has 15 heavy (non-hydrogen) atoms. The smallest absolute Gasteiger partial charge is 0.142 e. The van der Waals surface area contributed by atoms with E-state index in [1.165, 1.54) is 18.6 Å². The van der Waals surface area contributed by atoms with Crippen LogP contribution < -0.4 is 0 Å². The Morgan fingerprint density at radius 3 is 2.60 bits per heavy atom. The van der Waals surface area contributed by atoms with E-state index < -0.39 is 11.4 Å². The molecular formula is C12H12ClFO. The molecule has 2 aliphatic rings. The van der Waals surface area contributed by atoms with Gasteiger partial charge in [-0.3, -0.25) is 0 Å². The second-order valence-corrected chi connectivity index (χ2v) is 5.01. The van der Waals surface area contributed by atoms with Crippen LogP contribution in [0.3, 0.4) is 0 Å². The van der Waals surface area contributed by atoms with Crippen LogP contribution in [0.1, 0.15) is 24.8 Å². The van der Waals surface area contributed by atoms with Gasteiger partial charge in [0.25, 0.3) is 0 Å². The highest BCUT2D eigenvalue weighted by molar-refractivity contribution is 6.30. The van der Waals surface area contributed by atoms with Gasteiger partial charge in [0.1, 0.15) is 5.82 Å². The van der Waals surface area contributed by atoms with E-state index in [1.807, 2.05) is 0 Å². The van der Waals surface area contributed by atoms with Gasteiger partial charge in [0.15, 0.2) is 0 Å². The van der Waals surface area contributed by atoms with Gasteiger partial charge >= 0.3 is 0 Å². The number of aliphatic hydroxyl groups is 1. The van der Waals surface area contributed by atoms with Crippen LogP contribution in [0.25, 0.3) is 0 Å². The molecule has 1 aromatic rings. The maximum Gasteiger partial charge on any atom is 0.142 e. The first-order chi connectivity index (χ1) is 7.14. The Morgan fingerprint density at radius 1 is 1.33 bits per heavy atom. The maximum atomic E-state index is 13.3. The van der Waals surface area contributed by atoms with Crippen LogP contribution in [-0.4, -0.2) is 5.11 Å². The largest absolute Gasteiger partial charge is 0.385 e. The summed E-state index contributed by atoms with van der Waals surface area (Å²) in [6.45, 7) is 0. The minimum absolute atomic E-state index is 0.119. The summed E-state index contributed by atoms with van der Waals surface area (Å²) >= 11 is 5.62. The van der Waals surface area contributed by atoms with E-state index in [4.69, 9.17) is 11.6 Å². The molecule has 0 amide bonds. The van der Waals surface area contributed by atoms with Gasteiger partial charge in [-0.1, -0.05) is 24.1 Å². The zero-order chi connectivity index (χ0) is 10.6. The van der Waals surface area contributed by atoms with E-state index in [0.29, 0.717) is 17.4 Å². The summed E-state index contributed by atoms with van der Waals surface area (Å²) in [4.78, 5) is 0. The molecule has 2 unspecified atom stereocenters. The first-order valence-corrected chi connectivity index (χ1v) is 5.69. The van der Waals surface area contributed by atoms with E-state index in [0.717, 1.165) is 12.8 Å². The van der Waals surface area contributed by atoms with Crippen LogP contribution in [0.5, 0.6) is 0 Å². The predicted octanol–water partition coefficient (Wildman–Crippen LogP) is 3.10. The molecular weight excluding hydrogens is 215 g/mol. The van der Waals surface area contributed by atoms with Crippen molar-refractivity contribution in [3.05, 3.63) is 34.6 Å². The Morgan fingerprint density at radius 2 is 2.00 bits per heavy atom. The lowest BCUT2D eigenvalue weighted by Gasteiger charge is -2.14. The van der Waals surface area contributed by atoms with Crippen LogP contribution in [0.15, 0.2) is 18.2 Å². The first kappa shape index (κ1) is 9.61. The Kier molecular flexibility index (Phi) is 1.89. The second kappa shape index (κ2) is 2.96. The summed E-state index contributed by atoms with van der Waals surface area (Å²) in [7, 11) is 0.